The van der Waals surface area contributed by atoms with E-state index in [1.165, 1.54) is 0 Å². The maximum Gasteiger partial charge on any atom is 0.327 e. The molecule has 2 aliphatic rings. The second kappa shape index (κ2) is 9.47. The highest BCUT2D eigenvalue weighted by Crippen LogP contribution is 2.47. The standard InChI is InChI=1S/C31H27N3O3/c1-20-13-15-23(16-14-20)32-31(36)34-26-11-6-5-10-24(26)33-25-18-22(28-12-7-17-37-28)19-27(35)29(25)30(34)21-8-3-2-4-9-21/h2-17,22,30,33H,18-19H2,1H3,(H,32,36)/t22-,30+/m1/s1. The number of furan rings is 1. The number of ketones is 1. The second-order valence-electron chi connectivity index (χ2n) is 9.56. The van der Waals surface area contributed by atoms with Crippen molar-refractivity contribution >= 4 is 28.9 Å². The van der Waals surface area contributed by atoms with Gasteiger partial charge in [0.05, 0.1) is 23.7 Å². The molecule has 0 radical (unpaired) electrons. The third-order valence-electron chi connectivity index (χ3n) is 7.07. The number of fused-ring (bicyclic) bond motifs is 1. The molecule has 6 heteroatoms. The lowest BCUT2D eigenvalue weighted by molar-refractivity contribution is -0.116. The van der Waals surface area contributed by atoms with Crippen LogP contribution in [0.2, 0.25) is 0 Å². The predicted octanol–water partition coefficient (Wildman–Crippen LogP) is 7.19. The van der Waals surface area contributed by atoms with Crippen LogP contribution in [0.5, 0.6) is 0 Å². The lowest BCUT2D eigenvalue weighted by atomic mass is 9.80. The van der Waals surface area contributed by atoms with E-state index in [1.54, 1.807) is 11.2 Å². The molecule has 3 aromatic carbocycles. The number of anilines is 3. The Balaban J connectivity index is 1.50. The van der Waals surface area contributed by atoms with Crippen LogP contribution in [0.3, 0.4) is 0 Å². The average Bonchev–Trinajstić information content (AvgIpc) is 3.40. The van der Waals surface area contributed by atoms with E-state index in [0.29, 0.717) is 29.8 Å². The second-order valence-corrected chi connectivity index (χ2v) is 9.56. The van der Waals surface area contributed by atoms with Crippen LogP contribution in [0.15, 0.2) is 113 Å². The Morgan fingerprint density at radius 3 is 2.43 bits per heavy atom. The molecular formula is C31H27N3O3. The summed E-state index contributed by atoms with van der Waals surface area (Å²) in [7, 11) is 0. The average molecular weight is 490 g/mol. The zero-order valence-corrected chi connectivity index (χ0v) is 20.5. The fourth-order valence-corrected chi connectivity index (χ4v) is 5.31. The SMILES string of the molecule is Cc1ccc(NC(=O)N2c3ccccc3NC3=C(C(=O)C[C@H](c4ccco4)C3)[C@@H]2c2ccccc2)cc1. The smallest absolute Gasteiger partial charge is 0.327 e. The summed E-state index contributed by atoms with van der Waals surface area (Å²) < 4.78 is 5.67. The first-order valence-electron chi connectivity index (χ1n) is 12.5. The minimum absolute atomic E-state index is 0.00458. The van der Waals surface area contributed by atoms with E-state index in [1.807, 2.05) is 97.9 Å². The van der Waals surface area contributed by atoms with Gasteiger partial charge in [-0.2, -0.15) is 0 Å². The highest BCUT2D eigenvalue weighted by molar-refractivity contribution is 6.09. The Labute approximate surface area is 215 Å². The first kappa shape index (κ1) is 22.9. The Kier molecular flexibility index (Phi) is 5.85. The molecule has 2 heterocycles. The minimum atomic E-state index is -0.595. The molecule has 1 aliphatic carbocycles. The van der Waals surface area contributed by atoms with Gasteiger partial charge in [0.2, 0.25) is 0 Å². The van der Waals surface area contributed by atoms with Crippen LogP contribution in [0, 0.1) is 6.92 Å². The number of urea groups is 1. The molecule has 2 N–H and O–H groups in total. The van der Waals surface area contributed by atoms with Crippen molar-refractivity contribution in [3.8, 4) is 0 Å². The van der Waals surface area contributed by atoms with E-state index in [4.69, 9.17) is 4.42 Å². The van der Waals surface area contributed by atoms with Gasteiger partial charge < -0.3 is 15.1 Å². The fourth-order valence-electron chi connectivity index (χ4n) is 5.31. The van der Waals surface area contributed by atoms with Gasteiger partial charge in [0, 0.05) is 29.3 Å². The van der Waals surface area contributed by atoms with Crippen molar-refractivity contribution in [3.05, 3.63) is 125 Å². The topological polar surface area (TPSA) is 74.6 Å². The summed E-state index contributed by atoms with van der Waals surface area (Å²) in [6, 6.07) is 28.0. The van der Waals surface area contributed by atoms with Crippen LogP contribution in [0.1, 0.15) is 41.7 Å². The molecule has 0 bridgehead atoms. The number of hydrogen-bond acceptors (Lipinski definition) is 4. The van der Waals surface area contributed by atoms with E-state index >= 15 is 0 Å². The predicted molar refractivity (Wildman–Crippen MR) is 145 cm³/mol. The molecule has 2 atom stereocenters. The number of amides is 2. The first-order chi connectivity index (χ1) is 18.1. The van der Waals surface area contributed by atoms with E-state index in [9.17, 15) is 9.59 Å². The molecule has 0 saturated heterocycles. The van der Waals surface area contributed by atoms with Crippen molar-refractivity contribution in [3.63, 3.8) is 0 Å². The molecule has 4 aromatic rings. The van der Waals surface area contributed by atoms with Gasteiger partial charge in [-0.15, -0.1) is 0 Å². The Morgan fingerprint density at radius 1 is 0.919 bits per heavy atom. The lowest BCUT2D eigenvalue weighted by Crippen LogP contribution is -2.41. The zero-order valence-electron chi connectivity index (χ0n) is 20.5. The van der Waals surface area contributed by atoms with Gasteiger partial charge in [0.1, 0.15) is 5.76 Å². The molecule has 37 heavy (non-hydrogen) atoms. The summed E-state index contributed by atoms with van der Waals surface area (Å²) in [6.07, 6.45) is 2.57. The molecule has 184 valence electrons. The van der Waals surface area contributed by atoms with Crippen molar-refractivity contribution in [1.82, 2.24) is 0 Å². The van der Waals surface area contributed by atoms with Gasteiger partial charge in [-0.05, 0) is 55.3 Å². The van der Waals surface area contributed by atoms with Crippen LogP contribution in [0.4, 0.5) is 21.9 Å². The maximum absolute atomic E-state index is 14.0. The van der Waals surface area contributed by atoms with E-state index in [-0.39, 0.29) is 17.7 Å². The number of Topliss-reactive ketones (excluding diaryl/α,β-unsaturated/α-hetero) is 1. The van der Waals surface area contributed by atoms with Crippen molar-refractivity contribution in [1.29, 1.82) is 0 Å². The largest absolute Gasteiger partial charge is 0.469 e. The fraction of sp³-hybridized carbons (Fsp3) is 0.161. The number of allylic oxidation sites excluding steroid dienone is 1. The van der Waals surface area contributed by atoms with Gasteiger partial charge >= 0.3 is 6.03 Å². The number of rotatable bonds is 3. The van der Waals surface area contributed by atoms with Gasteiger partial charge in [0.25, 0.3) is 0 Å². The summed E-state index contributed by atoms with van der Waals surface area (Å²) in [5.74, 6) is 0.736. The van der Waals surface area contributed by atoms with Crippen molar-refractivity contribution in [2.45, 2.75) is 31.7 Å². The molecule has 6 rings (SSSR count). The van der Waals surface area contributed by atoms with Crippen molar-refractivity contribution < 1.29 is 14.0 Å². The van der Waals surface area contributed by atoms with Gasteiger partial charge in [-0.3, -0.25) is 9.69 Å². The minimum Gasteiger partial charge on any atom is -0.469 e. The number of nitrogens with one attached hydrogen (secondary N) is 2. The first-order valence-corrected chi connectivity index (χ1v) is 12.5. The van der Waals surface area contributed by atoms with E-state index < -0.39 is 6.04 Å². The van der Waals surface area contributed by atoms with E-state index in [2.05, 4.69) is 10.6 Å². The van der Waals surface area contributed by atoms with Crippen LogP contribution in [-0.4, -0.2) is 11.8 Å². The van der Waals surface area contributed by atoms with Crippen LogP contribution in [0.25, 0.3) is 0 Å². The van der Waals surface area contributed by atoms with Gasteiger partial charge in [-0.25, -0.2) is 4.79 Å². The number of hydrogen-bond donors (Lipinski definition) is 2. The normalized spacial score (nSPS) is 18.9. The van der Waals surface area contributed by atoms with Crippen LogP contribution >= 0.6 is 0 Å². The Bertz CT molecular complexity index is 1470. The summed E-state index contributed by atoms with van der Waals surface area (Å²) in [5, 5.41) is 6.59. The molecular weight excluding hydrogens is 462 g/mol. The third kappa shape index (κ3) is 4.31. The van der Waals surface area contributed by atoms with E-state index in [0.717, 1.165) is 28.3 Å². The van der Waals surface area contributed by atoms with Crippen molar-refractivity contribution in [2.75, 3.05) is 15.5 Å². The number of nitrogens with zero attached hydrogens (tertiary/aromatic N) is 1. The quantitative estimate of drug-likeness (QED) is 0.319. The monoisotopic (exact) mass is 489 g/mol. The summed E-state index contributed by atoms with van der Waals surface area (Å²) >= 11 is 0. The third-order valence-corrected chi connectivity index (χ3v) is 7.07. The summed E-state index contributed by atoms with van der Waals surface area (Å²) in [6.45, 7) is 2.01. The molecule has 1 aliphatic heterocycles. The van der Waals surface area contributed by atoms with Crippen LogP contribution in [-0.2, 0) is 4.79 Å². The highest BCUT2D eigenvalue weighted by Gasteiger charge is 2.42. The molecule has 6 nitrogen and oxygen atoms in total. The zero-order chi connectivity index (χ0) is 25.4. The molecule has 0 saturated carbocycles. The molecule has 0 spiro atoms. The highest BCUT2D eigenvalue weighted by atomic mass is 16.3. The number of para-hydroxylation sites is 2. The molecule has 2 amide bonds. The summed E-state index contributed by atoms with van der Waals surface area (Å²) in [4.78, 5) is 29.6. The summed E-state index contributed by atoms with van der Waals surface area (Å²) in [5.41, 5.74) is 5.60. The number of benzene rings is 3. The van der Waals surface area contributed by atoms with Crippen LogP contribution < -0.4 is 15.5 Å². The Hall–Kier alpha value is -4.58. The van der Waals surface area contributed by atoms with Gasteiger partial charge in [-0.1, -0.05) is 60.2 Å². The lowest BCUT2D eigenvalue weighted by Gasteiger charge is -2.34. The van der Waals surface area contributed by atoms with Crippen molar-refractivity contribution in [2.24, 2.45) is 0 Å². The maximum atomic E-state index is 14.0. The Morgan fingerprint density at radius 2 is 1.68 bits per heavy atom. The molecule has 0 unspecified atom stereocenters. The molecule has 0 fully saturated rings. The number of carbonyl (C=O) groups excluding carboxylic acids is 2. The number of carbonyl (C=O) groups is 2. The molecule has 1 aromatic heterocycles. The van der Waals surface area contributed by atoms with Gasteiger partial charge in [0.15, 0.2) is 5.78 Å². The number of aryl methyl sites for hydroxylation is 1.